The number of halogens is 2. The Bertz CT molecular complexity index is 832. The molecule has 3 aromatic rings. The Morgan fingerprint density at radius 1 is 1.12 bits per heavy atom. The van der Waals surface area contributed by atoms with Crippen LogP contribution in [-0.2, 0) is 6.54 Å². The number of anilines is 1. The van der Waals surface area contributed by atoms with Crippen LogP contribution in [-0.4, -0.2) is 15.8 Å². The molecule has 0 radical (unpaired) electrons. The highest BCUT2D eigenvalue weighted by atomic mass is 35.5. The fourth-order valence-corrected chi connectivity index (χ4v) is 2.53. The van der Waals surface area contributed by atoms with Crippen molar-refractivity contribution in [3.8, 4) is 5.69 Å². The number of nitrogens with one attached hydrogen (secondary N) is 2. The molecule has 0 atom stereocenters. The molecule has 0 unspecified atom stereocenters. The summed E-state index contributed by atoms with van der Waals surface area (Å²) < 4.78 is 1.66. The lowest BCUT2D eigenvalue weighted by molar-refractivity contribution is 0.251. The minimum atomic E-state index is -0.312. The summed E-state index contributed by atoms with van der Waals surface area (Å²) in [6.07, 6.45) is 3.47. The van der Waals surface area contributed by atoms with E-state index in [1.54, 1.807) is 47.4 Å². The maximum absolute atomic E-state index is 12.0. The summed E-state index contributed by atoms with van der Waals surface area (Å²) in [4.78, 5) is 12.0. The summed E-state index contributed by atoms with van der Waals surface area (Å²) in [5.74, 6) is 0. The normalized spacial score (nSPS) is 10.4. The summed E-state index contributed by atoms with van der Waals surface area (Å²) in [5, 5.41) is 10.8. The van der Waals surface area contributed by atoms with Gasteiger partial charge in [-0.2, -0.15) is 5.10 Å². The van der Waals surface area contributed by atoms with E-state index in [-0.39, 0.29) is 6.03 Å². The van der Waals surface area contributed by atoms with Gasteiger partial charge in [-0.3, -0.25) is 0 Å². The smallest absolute Gasteiger partial charge is 0.319 e. The standard InChI is InChI=1S/C17H14Cl2N4O/c18-13-4-2-12(3-5-13)11-20-17(24)22-14-6-7-16(15(19)10-14)23-9-1-8-21-23/h1-10H,11H2,(H2,20,22,24). The Labute approximate surface area is 149 Å². The molecule has 24 heavy (non-hydrogen) atoms. The summed E-state index contributed by atoms with van der Waals surface area (Å²) in [5.41, 5.74) is 2.31. The SMILES string of the molecule is O=C(NCc1ccc(Cl)cc1)Nc1ccc(-n2cccn2)c(Cl)c1. The number of benzene rings is 2. The van der Waals surface area contributed by atoms with Crippen LogP contribution in [0.3, 0.4) is 0 Å². The van der Waals surface area contributed by atoms with Crippen molar-refractivity contribution in [3.63, 3.8) is 0 Å². The molecule has 7 heteroatoms. The number of nitrogens with zero attached hydrogens (tertiary/aromatic N) is 2. The second-order valence-corrected chi connectivity index (χ2v) is 5.89. The molecule has 0 aliphatic carbocycles. The van der Waals surface area contributed by atoms with Gasteiger partial charge >= 0.3 is 6.03 Å². The molecular weight excluding hydrogens is 347 g/mol. The van der Waals surface area contributed by atoms with Crippen LogP contribution in [0.25, 0.3) is 5.69 Å². The van der Waals surface area contributed by atoms with Crippen molar-refractivity contribution in [1.29, 1.82) is 0 Å². The molecular formula is C17H14Cl2N4O. The summed E-state index contributed by atoms with van der Waals surface area (Å²) in [6.45, 7) is 0.405. The number of urea groups is 1. The molecule has 1 aromatic heterocycles. The highest BCUT2D eigenvalue weighted by Crippen LogP contribution is 2.23. The van der Waals surface area contributed by atoms with Gasteiger partial charge in [0.1, 0.15) is 0 Å². The third kappa shape index (κ3) is 4.07. The lowest BCUT2D eigenvalue weighted by Crippen LogP contribution is -2.28. The van der Waals surface area contributed by atoms with Gasteiger partial charge in [0, 0.05) is 29.6 Å². The van der Waals surface area contributed by atoms with Crippen LogP contribution in [0, 0.1) is 0 Å². The monoisotopic (exact) mass is 360 g/mol. The lowest BCUT2D eigenvalue weighted by atomic mass is 10.2. The van der Waals surface area contributed by atoms with E-state index in [4.69, 9.17) is 23.2 Å². The van der Waals surface area contributed by atoms with Gasteiger partial charge in [-0.15, -0.1) is 0 Å². The maximum atomic E-state index is 12.0. The number of aromatic nitrogens is 2. The van der Waals surface area contributed by atoms with Gasteiger partial charge in [-0.1, -0.05) is 35.3 Å². The first-order valence-corrected chi connectivity index (χ1v) is 7.96. The Morgan fingerprint density at radius 2 is 1.92 bits per heavy atom. The molecule has 0 saturated carbocycles. The van der Waals surface area contributed by atoms with Crippen molar-refractivity contribution >= 4 is 34.9 Å². The molecule has 0 bridgehead atoms. The number of carbonyl (C=O) groups excluding carboxylic acids is 1. The summed E-state index contributed by atoms with van der Waals surface area (Å²) in [7, 11) is 0. The molecule has 2 N–H and O–H groups in total. The van der Waals surface area contributed by atoms with Crippen molar-refractivity contribution in [2.45, 2.75) is 6.54 Å². The topological polar surface area (TPSA) is 59.0 Å². The molecule has 2 amide bonds. The Hall–Kier alpha value is -2.50. The van der Waals surface area contributed by atoms with Crippen molar-refractivity contribution in [2.75, 3.05) is 5.32 Å². The highest BCUT2D eigenvalue weighted by molar-refractivity contribution is 6.32. The van der Waals surface area contributed by atoms with Crippen LogP contribution < -0.4 is 10.6 Å². The summed E-state index contributed by atoms with van der Waals surface area (Å²) in [6, 6.07) is 14.0. The Kier molecular flexibility index (Phi) is 5.03. The maximum Gasteiger partial charge on any atom is 0.319 e. The number of hydrogen-bond acceptors (Lipinski definition) is 2. The van der Waals surface area contributed by atoms with Gasteiger partial charge in [0.05, 0.1) is 10.7 Å². The number of amides is 2. The van der Waals surface area contributed by atoms with Gasteiger partial charge in [-0.05, 0) is 42.0 Å². The van der Waals surface area contributed by atoms with E-state index in [0.717, 1.165) is 11.3 Å². The molecule has 5 nitrogen and oxygen atoms in total. The van der Waals surface area contributed by atoms with Crippen molar-refractivity contribution in [1.82, 2.24) is 15.1 Å². The van der Waals surface area contributed by atoms with Crippen LogP contribution >= 0.6 is 23.2 Å². The Balaban J connectivity index is 1.60. The van der Waals surface area contributed by atoms with Crippen LogP contribution in [0.15, 0.2) is 60.9 Å². The average Bonchev–Trinajstić information content (AvgIpc) is 3.09. The molecule has 0 saturated heterocycles. The van der Waals surface area contributed by atoms with E-state index >= 15 is 0 Å². The average molecular weight is 361 g/mol. The zero-order valence-corrected chi connectivity index (χ0v) is 14.1. The van der Waals surface area contributed by atoms with Crippen LogP contribution in [0.4, 0.5) is 10.5 Å². The molecule has 2 aromatic carbocycles. The van der Waals surface area contributed by atoms with E-state index in [1.807, 2.05) is 18.2 Å². The highest BCUT2D eigenvalue weighted by Gasteiger charge is 2.07. The first kappa shape index (κ1) is 16.4. The van der Waals surface area contributed by atoms with Gasteiger partial charge in [0.25, 0.3) is 0 Å². The third-order valence-corrected chi connectivity index (χ3v) is 3.88. The lowest BCUT2D eigenvalue weighted by Gasteiger charge is -2.10. The minimum Gasteiger partial charge on any atom is -0.334 e. The van der Waals surface area contributed by atoms with Crippen molar-refractivity contribution < 1.29 is 4.79 Å². The van der Waals surface area contributed by atoms with Gasteiger partial charge in [-0.25, -0.2) is 9.48 Å². The molecule has 0 aliphatic heterocycles. The van der Waals surface area contributed by atoms with E-state index in [2.05, 4.69) is 15.7 Å². The fraction of sp³-hybridized carbons (Fsp3) is 0.0588. The zero-order valence-electron chi connectivity index (χ0n) is 12.5. The minimum absolute atomic E-state index is 0.312. The van der Waals surface area contributed by atoms with E-state index in [9.17, 15) is 4.79 Å². The molecule has 0 aliphatic rings. The van der Waals surface area contributed by atoms with Gasteiger partial charge in [0.2, 0.25) is 0 Å². The van der Waals surface area contributed by atoms with Crippen molar-refractivity contribution in [3.05, 3.63) is 76.5 Å². The fourth-order valence-electron chi connectivity index (χ4n) is 2.14. The first-order valence-electron chi connectivity index (χ1n) is 7.21. The van der Waals surface area contributed by atoms with Crippen LogP contribution in [0.1, 0.15) is 5.56 Å². The quantitative estimate of drug-likeness (QED) is 0.719. The van der Waals surface area contributed by atoms with E-state index in [0.29, 0.717) is 22.3 Å². The van der Waals surface area contributed by atoms with Crippen LogP contribution in [0.2, 0.25) is 10.0 Å². The zero-order chi connectivity index (χ0) is 16.9. The number of rotatable bonds is 4. The second kappa shape index (κ2) is 7.38. The Morgan fingerprint density at radius 3 is 2.58 bits per heavy atom. The molecule has 0 spiro atoms. The first-order chi connectivity index (χ1) is 11.6. The van der Waals surface area contributed by atoms with Crippen LogP contribution in [0.5, 0.6) is 0 Å². The van der Waals surface area contributed by atoms with Gasteiger partial charge < -0.3 is 10.6 Å². The molecule has 0 fully saturated rings. The van der Waals surface area contributed by atoms with Crippen molar-refractivity contribution in [2.24, 2.45) is 0 Å². The summed E-state index contributed by atoms with van der Waals surface area (Å²) >= 11 is 12.1. The predicted octanol–water partition coefficient (Wildman–Crippen LogP) is 4.50. The van der Waals surface area contributed by atoms with E-state index in [1.165, 1.54) is 0 Å². The van der Waals surface area contributed by atoms with E-state index < -0.39 is 0 Å². The number of hydrogen-bond donors (Lipinski definition) is 2. The van der Waals surface area contributed by atoms with Gasteiger partial charge in [0.15, 0.2) is 0 Å². The molecule has 1 heterocycles. The molecule has 122 valence electrons. The number of carbonyl (C=O) groups is 1. The third-order valence-electron chi connectivity index (χ3n) is 3.32. The largest absolute Gasteiger partial charge is 0.334 e. The molecule has 3 rings (SSSR count). The second-order valence-electron chi connectivity index (χ2n) is 5.05. The predicted molar refractivity (Wildman–Crippen MR) is 95.9 cm³/mol.